The van der Waals surface area contributed by atoms with Crippen molar-refractivity contribution in [3.63, 3.8) is 0 Å². The summed E-state index contributed by atoms with van der Waals surface area (Å²) in [5, 5.41) is 24.3. The molecule has 2 aromatic rings. The van der Waals surface area contributed by atoms with Crippen LogP contribution in [0.1, 0.15) is 18.9 Å². The lowest BCUT2D eigenvalue weighted by Gasteiger charge is -2.18. The third kappa shape index (κ3) is 3.67. The minimum absolute atomic E-state index is 0.107. The molecule has 0 fully saturated rings. The second-order valence-corrected chi connectivity index (χ2v) is 5.60. The summed E-state index contributed by atoms with van der Waals surface area (Å²) in [5.74, 6) is -0.340. The van der Waals surface area contributed by atoms with E-state index in [0.717, 1.165) is 5.01 Å². The zero-order valence-corrected chi connectivity index (χ0v) is 13.4. The zero-order valence-electron chi connectivity index (χ0n) is 12.5. The van der Waals surface area contributed by atoms with Crippen molar-refractivity contribution in [3.8, 4) is 22.8 Å². The highest BCUT2D eigenvalue weighted by Crippen LogP contribution is 2.30. The van der Waals surface area contributed by atoms with E-state index in [1.54, 1.807) is 11.0 Å². The lowest BCUT2D eigenvalue weighted by molar-refractivity contribution is 0.203. The Kier molecular flexibility index (Phi) is 5.21. The highest BCUT2D eigenvalue weighted by Gasteiger charge is 2.11. The number of hydrogen-bond acceptors (Lipinski definition) is 5. The summed E-state index contributed by atoms with van der Waals surface area (Å²) in [6, 6.07) is 4.46. The van der Waals surface area contributed by atoms with Gasteiger partial charge in [-0.15, -0.1) is 11.3 Å². The predicted molar refractivity (Wildman–Crippen MR) is 86.0 cm³/mol. The van der Waals surface area contributed by atoms with Crippen molar-refractivity contribution in [3.05, 3.63) is 28.6 Å². The Bertz CT molecular complexity index is 653. The maximum atomic E-state index is 11.9. The average Bonchev–Trinajstić information content (AvgIpc) is 2.98. The van der Waals surface area contributed by atoms with Gasteiger partial charge in [0.15, 0.2) is 11.5 Å². The van der Waals surface area contributed by atoms with Crippen LogP contribution < -0.4 is 5.32 Å². The fourth-order valence-electron chi connectivity index (χ4n) is 1.98. The molecule has 2 rings (SSSR count). The summed E-state index contributed by atoms with van der Waals surface area (Å²) in [6.07, 6.45) is 0. The van der Waals surface area contributed by atoms with Crippen molar-refractivity contribution in [1.82, 2.24) is 15.2 Å². The van der Waals surface area contributed by atoms with E-state index in [1.807, 2.05) is 19.2 Å². The van der Waals surface area contributed by atoms with Crippen LogP contribution in [0, 0.1) is 0 Å². The standard InChI is InChI=1S/C15H19N3O3S/c1-3-18(4-2)15(21)16-8-14-17-11(9-22-14)10-5-6-12(19)13(20)7-10/h5-7,9,19-20H,3-4,8H2,1-2H3,(H,16,21). The molecule has 0 saturated heterocycles. The second-order valence-electron chi connectivity index (χ2n) is 4.66. The Balaban J connectivity index is 2.02. The van der Waals surface area contributed by atoms with E-state index in [0.29, 0.717) is 30.9 Å². The van der Waals surface area contributed by atoms with Gasteiger partial charge in [0.25, 0.3) is 0 Å². The SMILES string of the molecule is CCN(CC)C(=O)NCc1nc(-c2ccc(O)c(O)c2)cs1. The van der Waals surface area contributed by atoms with E-state index in [2.05, 4.69) is 10.3 Å². The summed E-state index contributed by atoms with van der Waals surface area (Å²) in [6.45, 7) is 5.56. The first-order valence-corrected chi connectivity index (χ1v) is 7.92. The Hall–Kier alpha value is -2.28. The van der Waals surface area contributed by atoms with Crippen LogP contribution in [0.5, 0.6) is 11.5 Å². The Morgan fingerprint density at radius 1 is 1.27 bits per heavy atom. The minimum atomic E-state index is -0.179. The van der Waals surface area contributed by atoms with E-state index in [-0.39, 0.29) is 17.5 Å². The van der Waals surface area contributed by atoms with Gasteiger partial charge in [-0.25, -0.2) is 9.78 Å². The van der Waals surface area contributed by atoms with Gasteiger partial charge < -0.3 is 20.4 Å². The largest absolute Gasteiger partial charge is 0.504 e. The molecule has 118 valence electrons. The van der Waals surface area contributed by atoms with Crippen LogP contribution in [0.2, 0.25) is 0 Å². The molecule has 1 heterocycles. The molecule has 0 aliphatic heterocycles. The van der Waals surface area contributed by atoms with Gasteiger partial charge in [-0.05, 0) is 32.0 Å². The Labute approximate surface area is 133 Å². The Morgan fingerprint density at radius 3 is 2.64 bits per heavy atom. The van der Waals surface area contributed by atoms with Gasteiger partial charge in [-0.1, -0.05) is 0 Å². The van der Waals surface area contributed by atoms with Gasteiger partial charge in [0.1, 0.15) is 5.01 Å². The smallest absolute Gasteiger partial charge is 0.317 e. The number of hydrogen-bond donors (Lipinski definition) is 3. The highest BCUT2D eigenvalue weighted by molar-refractivity contribution is 7.09. The summed E-state index contributed by atoms with van der Waals surface area (Å²) < 4.78 is 0. The van der Waals surface area contributed by atoms with Crippen LogP contribution in [-0.2, 0) is 6.54 Å². The highest BCUT2D eigenvalue weighted by atomic mass is 32.1. The van der Waals surface area contributed by atoms with Gasteiger partial charge in [-0.3, -0.25) is 0 Å². The molecule has 7 heteroatoms. The molecule has 1 aromatic carbocycles. The van der Waals surface area contributed by atoms with Crippen molar-refractivity contribution in [2.75, 3.05) is 13.1 Å². The van der Waals surface area contributed by atoms with Crippen molar-refractivity contribution < 1.29 is 15.0 Å². The number of aromatic nitrogens is 1. The fraction of sp³-hybridized carbons (Fsp3) is 0.333. The van der Waals surface area contributed by atoms with Gasteiger partial charge in [-0.2, -0.15) is 0 Å². The first-order valence-electron chi connectivity index (χ1n) is 7.04. The van der Waals surface area contributed by atoms with Crippen LogP contribution >= 0.6 is 11.3 Å². The molecule has 6 nitrogen and oxygen atoms in total. The van der Waals surface area contributed by atoms with Crippen LogP contribution in [-0.4, -0.2) is 39.2 Å². The molecule has 0 spiro atoms. The fourth-order valence-corrected chi connectivity index (χ4v) is 2.72. The number of aromatic hydroxyl groups is 2. The molecule has 0 unspecified atom stereocenters. The minimum Gasteiger partial charge on any atom is -0.504 e. The maximum Gasteiger partial charge on any atom is 0.317 e. The predicted octanol–water partition coefficient (Wildman–Crippen LogP) is 2.77. The first-order chi connectivity index (χ1) is 10.5. The van der Waals surface area contributed by atoms with E-state index in [9.17, 15) is 15.0 Å². The third-order valence-electron chi connectivity index (χ3n) is 3.26. The van der Waals surface area contributed by atoms with Gasteiger partial charge in [0, 0.05) is 24.0 Å². The van der Waals surface area contributed by atoms with Gasteiger partial charge in [0.2, 0.25) is 0 Å². The van der Waals surface area contributed by atoms with Crippen molar-refractivity contribution in [2.24, 2.45) is 0 Å². The normalized spacial score (nSPS) is 10.5. The summed E-state index contributed by atoms with van der Waals surface area (Å²) in [5.41, 5.74) is 1.42. The molecule has 22 heavy (non-hydrogen) atoms. The first kappa shape index (κ1) is 16.1. The number of urea groups is 1. The number of amides is 2. The number of benzene rings is 1. The second kappa shape index (κ2) is 7.13. The third-order valence-corrected chi connectivity index (χ3v) is 4.11. The number of phenolic OH excluding ortho intramolecular Hbond substituents is 2. The van der Waals surface area contributed by atoms with Crippen molar-refractivity contribution in [2.45, 2.75) is 20.4 Å². The number of carbonyl (C=O) groups excluding carboxylic acids is 1. The lowest BCUT2D eigenvalue weighted by atomic mass is 10.1. The number of carbonyl (C=O) groups is 1. The summed E-state index contributed by atoms with van der Waals surface area (Å²) in [7, 11) is 0. The molecule has 0 saturated carbocycles. The molecule has 1 aromatic heterocycles. The molecule has 2 amide bonds. The summed E-state index contributed by atoms with van der Waals surface area (Å²) >= 11 is 1.43. The van der Waals surface area contributed by atoms with Gasteiger partial charge in [0.05, 0.1) is 12.2 Å². The van der Waals surface area contributed by atoms with E-state index >= 15 is 0 Å². The van der Waals surface area contributed by atoms with Crippen LogP contribution in [0.15, 0.2) is 23.6 Å². The Morgan fingerprint density at radius 2 is 2.00 bits per heavy atom. The molecule has 0 atom stereocenters. The van der Waals surface area contributed by atoms with Crippen molar-refractivity contribution >= 4 is 17.4 Å². The van der Waals surface area contributed by atoms with Crippen molar-refractivity contribution in [1.29, 1.82) is 0 Å². The topological polar surface area (TPSA) is 85.7 Å². The van der Waals surface area contributed by atoms with Crippen LogP contribution in [0.4, 0.5) is 4.79 Å². The lowest BCUT2D eigenvalue weighted by Crippen LogP contribution is -2.39. The average molecular weight is 321 g/mol. The van der Waals surface area contributed by atoms with E-state index in [4.69, 9.17) is 0 Å². The number of thiazole rings is 1. The molecule has 3 N–H and O–H groups in total. The molecule has 0 aliphatic rings. The molecule has 0 radical (unpaired) electrons. The summed E-state index contributed by atoms with van der Waals surface area (Å²) in [4.78, 5) is 18.0. The maximum absolute atomic E-state index is 11.9. The quantitative estimate of drug-likeness (QED) is 0.739. The number of phenols is 2. The van der Waals surface area contributed by atoms with E-state index in [1.165, 1.54) is 23.5 Å². The van der Waals surface area contributed by atoms with Crippen LogP contribution in [0.3, 0.4) is 0 Å². The van der Waals surface area contributed by atoms with Gasteiger partial charge >= 0.3 is 6.03 Å². The molecular weight excluding hydrogens is 302 g/mol. The number of nitrogens with zero attached hydrogens (tertiary/aromatic N) is 2. The number of nitrogens with one attached hydrogen (secondary N) is 1. The molecule has 0 aliphatic carbocycles. The monoisotopic (exact) mass is 321 g/mol. The zero-order chi connectivity index (χ0) is 16.1. The van der Waals surface area contributed by atoms with Crippen LogP contribution in [0.25, 0.3) is 11.3 Å². The van der Waals surface area contributed by atoms with E-state index < -0.39 is 0 Å². The molecule has 0 bridgehead atoms. The molecular formula is C15H19N3O3S. The number of rotatable bonds is 5.